The molecular formula is C52H52N8O4. The van der Waals surface area contributed by atoms with Crippen molar-refractivity contribution in [2.45, 2.75) is 47.5 Å². The quantitative estimate of drug-likeness (QED) is 0.0370. The Hall–Kier alpha value is -7.83. The van der Waals surface area contributed by atoms with Gasteiger partial charge in [0.1, 0.15) is 11.7 Å². The summed E-state index contributed by atoms with van der Waals surface area (Å²) in [5, 5.41) is 3.17. The number of fused-ring (bicyclic) bond motifs is 2. The maximum absolute atomic E-state index is 13.1. The maximum Gasteiger partial charge on any atom is 0.316 e. The first-order valence-electron chi connectivity index (χ1n) is 21.2. The third kappa shape index (κ3) is 10.8. The van der Waals surface area contributed by atoms with E-state index in [9.17, 15) is 14.4 Å². The van der Waals surface area contributed by atoms with Crippen LogP contribution in [0.5, 0.6) is 0 Å². The minimum atomic E-state index is -0.720. The first-order chi connectivity index (χ1) is 31.0. The van der Waals surface area contributed by atoms with Crippen molar-refractivity contribution >= 4 is 39.8 Å². The summed E-state index contributed by atoms with van der Waals surface area (Å²) < 4.78 is 6.47. The van der Waals surface area contributed by atoms with Gasteiger partial charge in [-0.3, -0.25) is 24.9 Å². The number of hydrazine groups is 1. The fourth-order valence-corrected chi connectivity index (χ4v) is 7.33. The van der Waals surface area contributed by atoms with Crippen molar-refractivity contribution in [2.75, 3.05) is 12.0 Å². The Morgan fingerprint density at radius 3 is 1.73 bits per heavy atom. The highest BCUT2D eigenvalue weighted by Crippen LogP contribution is 2.23. The van der Waals surface area contributed by atoms with Crippen LogP contribution >= 0.6 is 0 Å². The molecule has 0 aliphatic rings. The van der Waals surface area contributed by atoms with Gasteiger partial charge in [-0.1, -0.05) is 121 Å². The van der Waals surface area contributed by atoms with Crippen molar-refractivity contribution in [2.24, 2.45) is 11.8 Å². The van der Waals surface area contributed by atoms with Gasteiger partial charge in [-0.25, -0.2) is 15.8 Å². The topological polar surface area (TPSA) is 177 Å². The van der Waals surface area contributed by atoms with Gasteiger partial charge in [-0.15, -0.1) is 0 Å². The molecular weight excluding hydrogens is 801 g/mol. The van der Waals surface area contributed by atoms with E-state index in [1.165, 1.54) is 28.3 Å². The number of aromatic nitrogens is 6. The Bertz CT molecular complexity index is 3040. The molecule has 12 heteroatoms. The number of esters is 1. The fraction of sp³-hybridized carbons (Fsp3) is 0.173. The lowest BCUT2D eigenvalue weighted by Crippen LogP contribution is -2.26. The summed E-state index contributed by atoms with van der Waals surface area (Å²) in [5.74, 6) is 4.99. The van der Waals surface area contributed by atoms with Gasteiger partial charge >= 0.3 is 5.97 Å². The Morgan fingerprint density at radius 1 is 0.688 bits per heavy atom. The van der Waals surface area contributed by atoms with E-state index in [2.05, 4.69) is 66.9 Å². The number of carbonyl (C=O) groups excluding carboxylic acids is 2. The van der Waals surface area contributed by atoms with E-state index in [1.807, 2.05) is 130 Å². The molecule has 324 valence electrons. The second-order valence-electron chi connectivity index (χ2n) is 15.6. The number of aromatic amines is 3. The average molecular weight is 853 g/mol. The highest BCUT2D eigenvalue weighted by Gasteiger charge is 2.25. The molecule has 1 unspecified atom stereocenters. The zero-order chi connectivity index (χ0) is 45.2. The molecule has 0 radical (unpaired) electrons. The van der Waals surface area contributed by atoms with Crippen molar-refractivity contribution in [3.63, 3.8) is 0 Å². The highest BCUT2D eigenvalue weighted by molar-refractivity contribution is 5.98. The van der Waals surface area contributed by atoms with Crippen LogP contribution in [0, 0.1) is 26.7 Å². The molecule has 0 fully saturated rings. The van der Waals surface area contributed by atoms with Gasteiger partial charge in [-0.2, -0.15) is 4.68 Å². The predicted octanol–water partition coefficient (Wildman–Crippen LogP) is 9.74. The smallest absolute Gasteiger partial charge is 0.316 e. The lowest BCUT2D eigenvalue weighted by atomic mass is 9.94. The molecule has 0 saturated carbocycles. The summed E-state index contributed by atoms with van der Waals surface area (Å²) in [7, 11) is 0. The third-order valence-electron chi connectivity index (χ3n) is 10.8. The van der Waals surface area contributed by atoms with E-state index in [4.69, 9.17) is 10.6 Å². The zero-order valence-electron chi connectivity index (χ0n) is 36.6. The van der Waals surface area contributed by atoms with Crippen LogP contribution in [0.4, 0.5) is 5.95 Å². The Kier molecular flexibility index (Phi) is 14.1. The van der Waals surface area contributed by atoms with E-state index in [0.29, 0.717) is 24.7 Å². The number of ketones is 1. The minimum Gasteiger partial charge on any atom is -0.465 e. The van der Waals surface area contributed by atoms with E-state index in [1.54, 1.807) is 6.92 Å². The molecule has 0 bridgehead atoms. The molecule has 12 nitrogen and oxygen atoms in total. The van der Waals surface area contributed by atoms with Crippen LogP contribution in [0.3, 0.4) is 0 Å². The largest absolute Gasteiger partial charge is 0.465 e. The van der Waals surface area contributed by atoms with Crippen molar-refractivity contribution in [3.8, 4) is 28.2 Å². The molecule has 64 heavy (non-hydrogen) atoms. The average Bonchev–Trinajstić information content (AvgIpc) is 4.01. The summed E-state index contributed by atoms with van der Waals surface area (Å²) in [5.41, 5.74) is 16.7. The van der Waals surface area contributed by atoms with Gasteiger partial charge < -0.3 is 14.7 Å². The number of rotatable bonds is 11. The lowest BCUT2D eigenvalue weighted by molar-refractivity contribution is -0.151. The zero-order valence-corrected chi connectivity index (χ0v) is 36.6. The number of Topliss-reactive ketones (excluding diaryl/α,β-unsaturated/α-hetero) is 1. The van der Waals surface area contributed by atoms with Crippen molar-refractivity contribution < 1.29 is 14.3 Å². The maximum atomic E-state index is 13.1. The molecule has 9 aromatic rings. The molecule has 0 spiro atoms. The monoisotopic (exact) mass is 852 g/mol. The number of nitrogens with one attached hydrogen (secondary N) is 4. The number of aryl methyl sites for hydroxylation is 3. The van der Waals surface area contributed by atoms with Crippen molar-refractivity contribution in [1.82, 2.24) is 29.7 Å². The van der Waals surface area contributed by atoms with E-state index >= 15 is 0 Å². The van der Waals surface area contributed by atoms with Crippen molar-refractivity contribution in [1.29, 1.82) is 0 Å². The van der Waals surface area contributed by atoms with Crippen molar-refractivity contribution in [3.05, 3.63) is 189 Å². The summed E-state index contributed by atoms with van der Waals surface area (Å²) in [6, 6.07) is 48.7. The highest BCUT2D eigenvalue weighted by atomic mass is 16.5. The normalized spacial score (nSPS) is 11.3. The number of nitrogens with two attached hydrogens (primary N) is 1. The summed E-state index contributed by atoms with van der Waals surface area (Å²) in [6.07, 6.45) is 0.950. The van der Waals surface area contributed by atoms with Gasteiger partial charge in [-0.05, 0) is 110 Å². The van der Waals surface area contributed by atoms with Crippen LogP contribution in [0.25, 0.3) is 50.3 Å². The number of imidazole rings is 2. The van der Waals surface area contributed by atoms with Gasteiger partial charge in [0.2, 0.25) is 11.9 Å². The molecule has 0 saturated heterocycles. The molecule has 3 aromatic heterocycles. The second-order valence-corrected chi connectivity index (χ2v) is 15.6. The van der Waals surface area contributed by atoms with Crippen LogP contribution in [0.1, 0.15) is 47.4 Å². The van der Waals surface area contributed by atoms with E-state index in [0.717, 1.165) is 61.1 Å². The number of nitrogen functional groups attached to an aromatic ring is 1. The molecule has 3 heterocycles. The number of hydrogen-bond acceptors (Lipinski definition) is 8. The standard InChI is InChI=1S/C25H22N4O.C19H20O3.C8H10N4/c1-16-8-13-22-23(14-16)27-25(26-22)29-24(30)21(17(2)28-29)15-18-9-11-20(12-10-18)19-6-4-3-5-7-19;1-3-22-19(21)18(14(2)20)13-15-9-11-17(12-10-15)16-7-5-4-6-8-16;1-5-2-3-6-7(4-5)11-8(10-6)12-9/h3-14,28H,15H2,1-2H3,(H,26,27);4-12,18H,3,13H2,1-2H3;2-4H,9H2,1H3,(H2,10,11,12). The lowest BCUT2D eigenvalue weighted by Gasteiger charge is -2.13. The molecule has 1 atom stereocenters. The predicted molar refractivity (Wildman–Crippen MR) is 255 cm³/mol. The number of benzene rings is 6. The molecule has 6 aromatic carbocycles. The number of carbonyl (C=O) groups is 2. The van der Waals surface area contributed by atoms with Gasteiger partial charge in [0, 0.05) is 17.7 Å². The third-order valence-corrected chi connectivity index (χ3v) is 10.8. The Labute approximate surface area is 371 Å². The molecule has 0 aliphatic heterocycles. The van der Waals surface area contributed by atoms with Crippen LogP contribution in [0.2, 0.25) is 0 Å². The SMILES string of the molecule is CCOC(=O)C(Cc1ccc(-c2ccccc2)cc1)C(C)=O.Cc1ccc2nc(-n3[nH]c(C)c(Cc4ccc(-c5ccccc5)cc4)c3=O)[nH]c2c1.Cc1ccc2nc(NN)[nH]c2c1. The molecule has 9 rings (SSSR count). The first kappa shape index (κ1) is 44.2. The summed E-state index contributed by atoms with van der Waals surface area (Å²) in [6.45, 7) is 9.46. The Balaban J connectivity index is 0.000000157. The van der Waals surface area contributed by atoms with Gasteiger partial charge in [0.25, 0.3) is 5.56 Å². The number of hydrogen-bond donors (Lipinski definition) is 5. The summed E-state index contributed by atoms with van der Waals surface area (Å²) >= 11 is 0. The first-order valence-corrected chi connectivity index (χ1v) is 21.2. The second kappa shape index (κ2) is 20.4. The van der Waals surface area contributed by atoms with Crippen LogP contribution in [-0.2, 0) is 27.2 Å². The summed E-state index contributed by atoms with van der Waals surface area (Å²) in [4.78, 5) is 51.6. The van der Waals surface area contributed by atoms with Crippen LogP contribution < -0.4 is 16.8 Å². The van der Waals surface area contributed by atoms with E-state index in [-0.39, 0.29) is 17.9 Å². The molecule has 6 N–H and O–H groups in total. The Morgan fingerprint density at radius 2 is 1.20 bits per heavy atom. The number of anilines is 1. The number of ether oxygens (including phenoxy) is 1. The number of H-pyrrole nitrogens is 3. The molecule has 0 aliphatic carbocycles. The van der Waals surface area contributed by atoms with Crippen LogP contribution in [-0.4, -0.2) is 48.1 Å². The molecule has 0 amide bonds. The number of nitrogens with zero attached hydrogens (tertiary/aromatic N) is 3. The minimum absolute atomic E-state index is 0.0737. The fourth-order valence-electron chi connectivity index (χ4n) is 7.33. The van der Waals surface area contributed by atoms with Gasteiger partial charge in [0.05, 0.1) is 28.7 Å². The van der Waals surface area contributed by atoms with Crippen LogP contribution in [0.15, 0.2) is 150 Å². The van der Waals surface area contributed by atoms with E-state index < -0.39 is 11.9 Å². The van der Waals surface area contributed by atoms with Gasteiger partial charge in [0.15, 0.2) is 0 Å².